The number of sulfone groups is 1. The molecule has 2 aromatic carbocycles. The second kappa shape index (κ2) is 11.4. The van der Waals surface area contributed by atoms with E-state index < -0.39 is 15.3 Å². The Morgan fingerprint density at radius 1 is 1.00 bits per heavy atom. The highest BCUT2D eigenvalue weighted by Crippen LogP contribution is 2.50. The number of ether oxygens (including phenoxy) is 1. The summed E-state index contributed by atoms with van der Waals surface area (Å²) in [7, 11) is -3.16. The first-order chi connectivity index (χ1) is 18.3. The summed E-state index contributed by atoms with van der Waals surface area (Å²) in [5.41, 5.74) is 1.78. The molecule has 1 saturated carbocycles. The van der Waals surface area contributed by atoms with Gasteiger partial charge in [-0.05, 0) is 81.4 Å². The van der Waals surface area contributed by atoms with E-state index >= 15 is 0 Å². The van der Waals surface area contributed by atoms with Gasteiger partial charge in [0, 0.05) is 50.0 Å². The van der Waals surface area contributed by atoms with Gasteiger partial charge in [-0.15, -0.1) is 0 Å². The summed E-state index contributed by atoms with van der Waals surface area (Å²) in [5.74, 6) is 1.21. The van der Waals surface area contributed by atoms with Gasteiger partial charge >= 0.3 is 0 Å². The van der Waals surface area contributed by atoms with E-state index in [4.69, 9.17) is 4.74 Å². The van der Waals surface area contributed by atoms with Crippen LogP contribution in [-0.4, -0.2) is 65.0 Å². The van der Waals surface area contributed by atoms with Crippen molar-refractivity contribution < 1.29 is 13.2 Å². The molecule has 0 amide bonds. The molecule has 3 aliphatic rings. The molecule has 0 radical (unpaired) electrons. The minimum Gasteiger partial charge on any atom is -0.378 e. The van der Waals surface area contributed by atoms with Crippen molar-refractivity contribution in [3.63, 3.8) is 0 Å². The second-order valence-corrected chi connectivity index (χ2v) is 13.5. The minimum absolute atomic E-state index is 0.172. The minimum atomic E-state index is -3.16. The molecule has 2 aromatic rings. The first-order valence-electron chi connectivity index (χ1n) is 14.2. The average molecular weight is 536 g/mol. The third-order valence-electron chi connectivity index (χ3n) is 9.19. The van der Waals surface area contributed by atoms with Crippen LogP contribution in [-0.2, 0) is 20.0 Å². The lowest BCUT2D eigenvalue weighted by molar-refractivity contribution is -0.00270. The molecular weight excluding hydrogens is 494 g/mol. The van der Waals surface area contributed by atoms with Crippen LogP contribution in [0, 0.1) is 29.1 Å². The molecule has 2 aliphatic heterocycles. The lowest BCUT2D eigenvalue weighted by atomic mass is 9.59. The van der Waals surface area contributed by atoms with E-state index in [0.717, 1.165) is 70.5 Å². The number of nitriles is 1. The molecule has 2 heterocycles. The summed E-state index contributed by atoms with van der Waals surface area (Å²) in [6.07, 6.45) is 6.77. The van der Waals surface area contributed by atoms with E-state index in [-0.39, 0.29) is 12.0 Å². The van der Waals surface area contributed by atoms with Crippen molar-refractivity contribution in [1.29, 1.82) is 5.26 Å². The van der Waals surface area contributed by atoms with Gasteiger partial charge in [-0.1, -0.05) is 36.8 Å². The Hall–Kier alpha value is -2.40. The molecule has 204 valence electrons. The van der Waals surface area contributed by atoms with Gasteiger partial charge in [-0.2, -0.15) is 5.26 Å². The summed E-state index contributed by atoms with van der Waals surface area (Å²) in [6, 6.07) is 20.7. The van der Waals surface area contributed by atoms with E-state index in [1.54, 1.807) is 12.1 Å². The zero-order valence-corrected chi connectivity index (χ0v) is 23.6. The Kier molecular flexibility index (Phi) is 8.14. The number of hydrogen-bond acceptors (Lipinski definition) is 6. The van der Waals surface area contributed by atoms with Crippen LogP contribution >= 0.6 is 0 Å². The molecule has 3 fully saturated rings. The normalized spacial score (nSPS) is 25.0. The standard InChI is InChI=1S/C31H41N3O3S/c1-3-37-30-11-7-10-29(30)31(23-32,25-8-5-4-6-9-25)26-16-18-33(19-17-26)20-24-21-34(22-24)27-12-14-28(15-13-27)38(2,35)36/h4-6,8-9,12-15,24,26,29-30H,3,7,10-11,16-22H2,1-2H3/t29-,30-,31?/m1/s1. The second-order valence-electron chi connectivity index (χ2n) is 11.5. The Labute approximate surface area is 228 Å². The maximum Gasteiger partial charge on any atom is 0.175 e. The molecule has 0 bridgehead atoms. The van der Waals surface area contributed by atoms with Gasteiger partial charge in [-0.25, -0.2) is 8.42 Å². The van der Waals surface area contributed by atoms with Crippen LogP contribution in [0.4, 0.5) is 5.69 Å². The van der Waals surface area contributed by atoms with E-state index in [0.29, 0.717) is 23.3 Å². The van der Waals surface area contributed by atoms with Crippen molar-refractivity contribution in [2.75, 3.05) is 50.5 Å². The van der Waals surface area contributed by atoms with Crippen molar-refractivity contribution in [3.05, 3.63) is 60.2 Å². The summed E-state index contributed by atoms with van der Waals surface area (Å²) in [5, 5.41) is 10.8. The number of nitrogens with zero attached hydrogens (tertiary/aromatic N) is 3. The van der Waals surface area contributed by atoms with E-state index in [9.17, 15) is 13.7 Å². The summed E-state index contributed by atoms with van der Waals surface area (Å²) in [6.45, 7) is 7.93. The summed E-state index contributed by atoms with van der Waals surface area (Å²) < 4.78 is 29.7. The third kappa shape index (κ3) is 5.36. The van der Waals surface area contributed by atoms with Gasteiger partial charge in [0.05, 0.1) is 22.5 Å². The monoisotopic (exact) mass is 535 g/mol. The van der Waals surface area contributed by atoms with Crippen molar-refractivity contribution in [2.45, 2.75) is 55.4 Å². The molecule has 38 heavy (non-hydrogen) atoms. The van der Waals surface area contributed by atoms with Gasteiger partial charge in [-0.3, -0.25) is 0 Å². The number of piperidine rings is 1. The molecule has 3 atom stereocenters. The number of hydrogen-bond donors (Lipinski definition) is 0. The highest BCUT2D eigenvalue weighted by atomic mass is 32.2. The van der Waals surface area contributed by atoms with Gasteiger partial charge in [0.15, 0.2) is 9.84 Å². The van der Waals surface area contributed by atoms with Gasteiger partial charge in [0.25, 0.3) is 0 Å². The largest absolute Gasteiger partial charge is 0.378 e. The fourth-order valence-electron chi connectivity index (χ4n) is 7.30. The smallest absolute Gasteiger partial charge is 0.175 e. The van der Waals surface area contributed by atoms with Crippen LogP contribution in [0.5, 0.6) is 0 Å². The van der Waals surface area contributed by atoms with Crippen LogP contribution < -0.4 is 4.90 Å². The Balaban J connectivity index is 1.21. The van der Waals surface area contributed by atoms with Crippen LogP contribution in [0.2, 0.25) is 0 Å². The molecule has 6 nitrogen and oxygen atoms in total. The molecular formula is C31H41N3O3S. The van der Waals surface area contributed by atoms with Crippen molar-refractivity contribution >= 4 is 15.5 Å². The predicted molar refractivity (Wildman–Crippen MR) is 151 cm³/mol. The molecule has 0 aromatic heterocycles. The quantitative estimate of drug-likeness (QED) is 0.455. The van der Waals surface area contributed by atoms with Crippen molar-refractivity contribution in [2.24, 2.45) is 17.8 Å². The van der Waals surface area contributed by atoms with Gasteiger partial charge in [0.1, 0.15) is 0 Å². The van der Waals surface area contributed by atoms with Crippen LogP contribution in [0.25, 0.3) is 0 Å². The number of likely N-dealkylation sites (tertiary alicyclic amines) is 1. The fraction of sp³-hybridized carbons (Fsp3) is 0.581. The maximum absolute atomic E-state index is 11.7. The third-order valence-corrected chi connectivity index (χ3v) is 10.3. The van der Waals surface area contributed by atoms with E-state index in [1.807, 2.05) is 18.2 Å². The van der Waals surface area contributed by atoms with Gasteiger partial charge in [0.2, 0.25) is 0 Å². The Bertz CT molecular complexity index is 1210. The fourth-order valence-corrected chi connectivity index (χ4v) is 7.93. The molecule has 1 aliphatic carbocycles. The lowest BCUT2D eigenvalue weighted by Gasteiger charge is -2.48. The molecule has 2 saturated heterocycles. The Morgan fingerprint density at radius 2 is 1.68 bits per heavy atom. The van der Waals surface area contributed by atoms with E-state index in [1.165, 1.54) is 11.8 Å². The van der Waals surface area contributed by atoms with Crippen molar-refractivity contribution in [3.8, 4) is 6.07 Å². The number of anilines is 1. The highest BCUT2D eigenvalue weighted by Gasteiger charge is 2.52. The Morgan fingerprint density at radius 3 is 2.29 bits per heavy atom. The van der Waals surface area contributed by atoms with Gasteiger partial charge < -0.3 is 14.5 Å². The van der Waals surface area contributed by atoms with Crippen LogP contribution in [0.3, 0.4) is 0 Å². The molecule has 5 rings (SSSR count). The first kappa shape index (κ1) is 27.2. The number of benzene rings is 2. The topological polar surface area (TPSA) is 73.6 Å². The van der Waals surface area contributed by atoms with Crippen molar-refractivity contribution in [1.82, 2.24) is 4.90 Å². The molecule has 1 unspecified atom stereocenters. The summed E-state index contributed by atoms with van der Waals surface area (Å²) >= 11 is 0. The molecule has 0 N–H and O–H groups in total. The maximum atomic E-state index is 11.7. The lowest BCUT2D eigenvalue weighted by Crippen LogP contribution is -2.54. The number of rotatable bonds is 9. The highest BCUT2D eigenvalue weighted by molar-refractivity contribution is 7.90. The van der Waals surface area contributed by atoms with Crippen LogP contribution in [0.1, 0.15) is 44.6 Å². The average Bonchev–Trinajstić information content (AvgIpc) is 3.37. The molecule has 0 spiro atoms. The molecule has 7 heteroatoms. The predicted octanol–water partition coefficient (Wildman–Crippen LogP) is 4.91. The SMILES string of the molecule is CCO[C@@H]1CCC[C@H]1C(C#N)(c1ccccc1)C1CCN(CC2CN(c3ccc(S(C)(=O)=O)cc3)C2)CC1. The summed E-state index contributed by atoms with van der Waals surface area (Å²) in [4.78, 5) is 5.29. The zero-order valence-electron chi connectivity index (χ0n) is 22.8. The zero-order chi connectivity index (χ0) is 26.8. The van der Waals surface area contributed by atoms with Crippen LogP contribution in [0.15, 0.2) is 59.5 Å². The first-order valence-corrected chi connectivity index (χ1v) is 16.1. The van der Waals surface area contributed by atoms with E-state index in [2.05, 4.69) is 47.1 Å².